The van der Waals surface area contributed by atoms with Crippen molar-refractivity contribution in [3.05, 3.63) is 29.6 Å². The third kappa shape index (κ3) is 10.3. The van der Waals surface area contributed by atoms with Gasteiger partial charge in [0.2, 0.25) is 0 Å². The number of carbonyl (C=O) groups is 2. The van der Waals surface area contributed by atoms with Gasteiger partial charge in [-0.3, -0.25) is 0 Å². The van der Waals surface area contributed by atoms with Crippen molar-refractivity contribution in [3.63, 3.8) is 0 Å². The van der Waals surface area contributed by atoms with Gasteiger partial charge in [-0.1, -0.05) is 6.07 Å². The van der Waals surface area contributed by atoms with Crippen molar-refractivity contribution >= 4 is 11.9 Å². The van der Waals surface area contributed by atoms with E-state index in [-0.39, 0.29) is 37.8 Å². The van der Waals surface area contributed by atoms with Crippen molar-refractivity contribution in [2.45, 2.75) is 0 Å². The number of aromatic nitrogens is 1. The monoisotopic (exact) mass is 413 g/mol. The Morgan fingerprint density at radius 1 is 0.517 bits per heavy atom. The third-order valence-corrected chi connectivity index (χ3v) is 3.58. The number of hydrogen-bond acceptors (Lipinski definition) is 10. The van der Waals surface area contributed by atoms with E-state index in [4.69, 9.17) is 33.2 Å². The number of nitrogens with zero attached hydrogens (tertiary/aromatic N) is 1. The van der Waals surface area contributed by atoms with Gasteiger partial charge in [0.25, 0.3) is 0 Å². The van der Waals surface area contributed by atoms with Crippen LogP contribution in [0, 0.1) is 0 Å². The molecule has 0 N–H and O–H groups in total. The lowest BCUT2D eigenvalue weighted by Crippen LogP contribution is -2.18. The molecule has 0 saturated heterocycles. The molecule has 1 aliphatic rings. The van der Waals surface area contributed by atoms with Crippen LogP contribution in [0.15, 0.2) is 18.2 Å². The summed E-state index contributed by atoms with van der Waals surface area (Å²) in [5.74, 6) is -1.29. The molecule has 0 aliphatic carbocycles. The second-order valence-electron chi connectivity index (χ2n) is 5.74. The van der Waals surface area contributed by atoms with Gasteiger partial charge in [0.15, 0.2) is 0 Å². The quantitative estimate of drug-likeness (QED) is 0.557. The minimum atomic E-state index is -0.644. The molecule has 10 heteroatoms. The number of pyridine rings is 1. The number of carbonyl (C=O) groups excluding carboxylic acids is 2. The van der Waals surface area contributed by atoms with E-state index in [1.54, 1.807) is 0 Å². The maximum Gasteiger partial charge on any atom is 0.357 e. The molecule has 0 fully saturated rings. The molecule has 0 spiro atoms. The lowest BCUT2D eigenvalue weighted by atomic mass is 10.3. The molecule has 1 aromatic heterocycles. The zero-order valence-corrected chi connectivity index (χ0v) is 16.3. The van der Waals surface area contributed by atoms with Gasteiger partial charge < -0.3 is 33.2 Å². The Bertz CT molecular complexity index is 564. The molecule has 29 heavy (non-hydrogen) atoms. The third-order valence-electron chi connectivity index (χ3n) is 3.58. The lowest BCUT2D eigenvalue weighted by Gasteiger charge is -2.09. The average Bonchev–Trinajstić information content (AvgIpc) is 2.74. The van der Waals surface area contributed by atoms with Crippen LogP contribution >= 0.6 is 0 Å². The van der Waals surface area contributed by atoms with Gasteiger partial charge in [-0.15, -0.1) is 0 Å². The fourth-order valence-corrected chi connectivity index (χ4v) is 2.18. The molecule has 0 radical (unpaired) electrons. The fraction of sp³-hybridized carbons (Fsp3) is 0.632. The van der Waals surface area contributed by atoms with E-state index in [0.29, 0.717) is 52.9 Å². The molecule has 2 bridgehead atoms. The van der Waals surface area contributed by atoms with Crippen LogP contribution in [0.5, 0.6) is 0 Å². The summed E-state index contributed by atoms with van der Waals surface area (Å²) in [5, 5.41) is 0. The molecule has 10 nitrogen and oxygen atoms in total. The average molecular weight is 413 g/mol. The molecule has 1 aliphatic heterocycles. The highest BCUT2D eigenvalue weighted by Crippen LogP contribution is 2.04. The van der Waals surface area contributed by atoms with Crippen molar-refractivity contribution in [1.29, 1.82) is 0 Å². The van der Waals surface area contributed by atoms with Crippen LogP contribution in [-0.4, -0.2) is 96.2 Å². The van der Waals surface area contributed by atoms with Crippen molar-refractivity contribution in [2.24, 2.45) is 0 Å². The van der Waals surface area contributed by atoms with E-state index < -0.39 is 11.9 Å². The summed E-state index contributed by atoms with van der Waals surface area (Å²) in [6.45, 7) is 4.02. The SMILES string of the molecule is O=C1OCCOCCOCCOCCOCCOCCOC(=O)c2cccc1n2. The van der Waals surface area contributed by atoms with Crippen LogP contribution in [-0.2, 0) is 33.2 Å². The summed E-state index contributed by atoms with van der Waals surface area (Å²) >= 11 is 0. The van der Waals surface area contributed by atoms with E-state index in [1.807, 2.05) is 0 Å². The zero-order valence-electron chi connectivity index (χ0n) is 16.3. The van der Waals surface area contributed by atoms with Crippen LogP contribution in [0.4, 0.5) is 0 Å². The molecular weight excluding hydrogens is 386 g/mol. The summed E-state index contributed by atoms with van der Waals surface area (Å²) in [7, 11) is 0. The first-order chi connectivity index (χ1) is 14.3. The Morgan fingerprint density at radius 3 is 1.17 bits per heavy atom. The Hall–Kier alpha value is -2.11. The first-order valence-electron chi connectivity index (χ1n) is 9.47. The zero-order chi connectivity index (χ0) is 20.6. The van der Waals surface area contributed by atoms with Gasteiger partial charge in [0, 0.05) is 0 Å². The highest BCUT2D eigenvalue weighted by Gasteiger charge is 2.14. The predicted molar refractivity (Wildman–Crippen MR) is 98.9 cm³/mol. The van der Waals surface area contributed by atoms with Gasteiger partial charge >= 0.3 is 11.9 Å². The molecule has 0 atom stereocenters. The lowest BCUT2D eigenvalue weighted by molar-refractivity contribution is -0.0183. The Labute approximate surface area is 169 Å². The Balaban J connectivity index is 1.80. The molecule has 2 heterocycles. The van der Waals surface area contributed by atoms with E-state index >= 15 is 0 Å². The largest absolute Gasteiger partial charge is 0.459 e. The van der Waals surface area contributed by atoms with E-state index in [9.17, 15) is 9.59 Å². The van der Waals surface area contributed by atoms with Crippen LogP contribution in [0.2, 0.25) is 0 Å². The molecule has 1 aromatic rings. The minimum absolute atomic E-state index is 0.0191. The van der Waals surface area contributed by atoms with Gasteiger partial charge in [0.05, 0.1) is 66.1 Å². The maximum atomic E-state index is 12.0. The van der Waals surface area contributed by atoms with Gasteiger partial charge in [-0.25, -0.2) is 14.6 Å². The van der Waals surface area contributed by atoms with Gasteiger partial charge in [0.1, 0.15) is 24.6 Å². The molecule has 162 valence electrons. The highest BCUT2D eigenvalue weighted by molar-refractivity contribution is 5.91. The first kappa shape index (κ1) is 23.2. The second-order valence-corrected chi connectivity index (χ2v) is 5.74. The molecular formula is C19H27NO9. The predicted octanol–water partition coefficient (Wildman–Crippen LogP) is 0.492. The molecule has 2 rings (SSSR count). The topological polar surface area (TPSA) is 112 Å². The van der Waals surface area contributed by atoms with Crippen molar-refractivity contribution in [2.75, 3.05) is 79.3 Å². The Morgan fingerprint density at radius 2 is 0.828 bits per heavy atom. The summed E-state index contributed by atoms with van der Waals surface area (Å²) in [4.78, 5) is 28.0. The minimum Gasteiger partial charge on any atom is -0.459 e. The summed E-state index contributed by atoms with van der Waals surface area (Å²) in [6, 6.07) is 4.46. The molecule has 0 aromatic carbocycles. The molecule has 0 unspecified atom stereocenters. The molecule has 0 amide bonds. The summed E-state index contributed by atoms with van der Waals surface area (Å²) in [6.07, 6.45) is 0. The number of hydrogen-bond donors (Lipinski definition) is 0. The van der Waals surface area contributed by atoms with E-state index in [2.05, 4.69) is 4.98 Å². The second kappa shape index (κ2) is 14.8. The number of cyclic esters (lactones) is 2. The Kier molecular flexibility index (Phi) is 11.8. The number of fused-ring (bicyclic) bond motifs is 2. The van der Waals surface area contributed by atoms with Gasteiger partial charge in [-0.05, 0) is 12.1 Å². The molecule has 0 saturated carbocycles. The number of esters is 2. The normalized spacial score (nSPS) is 20.1. The summed E-state index contributed by atoms with van der Waals surface area (Å²) in [5.41, 5.74) is 0.0382. The highest BCUT2D eigenvalue weighted by atomic mass is 16.6. The van der Waals surface area contributed by atoms with Crippen molar-refractivity contribution in [3.8, 4) is 0 Å². The van der Waals surface area contributed by atoms with Crippen LogP contribution < -0.4 is 0 Å². The van der Waals surface area contributed by atoms with E-state index in [1.165, 1.54) is 18.2 Å². The summed E-state index contributed by atoms with van der Waals surface area (Å²) < 4.78 is 36.9. The fourth-order valence-electron chi connectivity index (χ4n) is 2.18. The standard InChI is InChI=1S/C19H27NO9/c21-18-16-2-1-3-17(20-16)19(22)29-15-13-27-11-9-25-7-5-23-4-6-24-8-10-26-12-14-28-18/h1-3H,4-15H2. The smallest absolute Gasteiger partial charge is 0.357 e. The van der Waals surface area contributed by atoms with Crippen molar-refractivity contribution < 1.29 is 42.7 Å². The maximum absolute atomic E-state index is 12.0. The van der Waals surface area contributed by atoms with Crippen molar-refractivity contribution in [1.82, 2.24) is 4.98 Å². The first-order valence-corrected chi connectivity index (χ1v) is 9.47. The van der Waals surface area contributed by atoms with Crippen LogP contribution in [0.25, 0.3) is 0 Å². The van der Waals surface area contributed by atoms with Crippen LogP contribution in [0.3, 0.4) is 0 Å². The van der Waals surface area contributed by atoms with Crippen LogP contribution in [0.1, 0.15) is 21.0 Å². The van der Waals surface area contributed by atoms with E-state index in [0.717, 1.165) is 0 Å². The number of ether oxygens (including phenoxy) is 7. The van der Waals surface area contributed by atoms with Gasteiger partial charge in [-0.2, -0.15) is 0 Å². The number of rotatable bonds is 0.